The van der Waals surface area contributed by atoms with E-state index >= 15 is 0 Å². The van der Waals surface area contributed by atoms with Crippen LogP contribution in [-0.4, -0.2) is 20.8 Å². The summed E-state index contributed by atoms with van der Waals surface area (Å²) in [5, 5.41) is 7.66. The average Bonchev–Trinajstić information content (AvgIpc) is 2.47. The normalized spacial score (nSPS) is 11.6. The molecule has 1 rings (SSSR count). The average molecular weight is 196 g/mol. The minimum Gasteiger partial charge on any atom is -0.308 e. The Kier molecular flexibility index (Phi) is 4.07. The molecule has 0 fully saturated rings. The van der Waals surface area contributed by atoms with Crippen molar-refractivity contribution < 1.29 is 0 Å². The minimum absolute atomic E-state index is 0.479. The highest BCUT2D eigenvalue weighted by Gasteiger charge is 2.02. The quantitative estimate of drug-likeness (QED) is 0.774. The van der Waals surface area contributed by atoms with Crippen LogP contribution in [0.4, 0.5) is 0 Å². The zero-order valence-electron chi connectivity index (χ0n) is 9.49. The topological polar surface area (TPSA) is 42.7 Å². The molecule has 0 saturated carbocycles. The first-order valence-corrected chi connectivity index (χ1v) is 5.19. The molecule has 0 aliphatic heterocycles. The number of rotatable bonds is 5. The smallest absolute Gasteiger partial charge is 0.164 e. The number of hydrogen-bond donors (Lipinski definition) is 1. The molecule has 1 aromatic rings. The largest absolute Gasteiger partial charge is 0.308 e. The molecule has 0 saturated heterocycles. The molecule has 0 unspecified atom stereocenters. The van der Waals surface area contributed by atoms with E-state index in [1.54, 1.807) is 6.33 Å². The fourth-order valence-corrected chi connectivity index (χ4v) is 1.17. The first-order chi connectivity index (χ1) is 6.58. The Bertz CT molecular complexity index is 265. The van der Waals surface area contributed by atoms with Gasteiger partial charge in [-0.25, -0.2) is 4.98 Å². The molecule has 1 heterocycles. The van der Waals surface area contributed by atoms with Crippen molar-refractivity contribution in [3.63, 3.8) is 0 Å². The summed E-state index contributed by atoms with van der Waals surface area (Å²) < 4.78 is 1.90. The predicted octanol–water partition coefficient (Wildman–Crippen LogP) is 1.43. The fourth-order valence-electron chi connectivity index (χ4n) is 1.17. The molecule has 0 radical (unpaired) electrons. The Morgan fingerprint density at radius 2 is 2.07 bits per heavy atom. The molecule has 4 heteroatoms. The molecule has 0 aliphatic rings. The van der Waals surface area contributed by atoms with E-state index in [0.29, 0.717) is 12.0 Å². The maximum Gasteiger partial charge on any atom is 0.164 e. The minimum atomic E-state index is 0.479. The molecule has 4 nitrogen and oxygen atoms in total. The maximum absolute atomic E-state index is 4.37. The van der Waals surface area contributed by atoms with Gasteiger partial charge >= 0.3 is 0 Å². The van der Waals surface area contributed by atoms with Crippen LogP contribution in [0.5, 0.6) is 0 Å². The van der Waals surface area contributed by atoms with Gasteiger partial charge in [0.2, 0.25) is 0 Å². The maximum atomic E-state index is 4.37. The number of nitrogens with one attached hydrogen (secondary N) is 1. The third-order valence-corrected chi connectivity index (χ3v) is 1.80. The first kappa shape index (κ1) is 11.2. The van der Waals surface area contributed by atoms with Gasteiger partial charge < -0.3 is 5.32 Å². The SMILES string of the molecule is CC(C)Cn1cnc(CNC(C)C)n1. The monoisotopic (exact) mass is 196 g/mol. The fraction of sp³-hybridized carbons (Fsp3) is 0.800. The molecule has 0 bridgehead atoms. The summed E-state index contributed by atoms with van der Waals surface area (Å²) in [6, 6.07) is 0.479. The van der Waals surface area contributed by atoms with Gasteiger partial charge in [0, 0.05) is 12.6 Å². The molecule has 0 amide bonds. The van der Waals surface area contributed by atoms with Gasteiger partial charge in [0.15, 0.2) is 5.82 Å². The van der Waals surface area contributed by atoms with Gasteiger partial charge in [-0.1, -0.05) is 27.7 Å². The van der Waals surface area contributed by atoms with E-state index in [0.717, 1.165) is 18.9 Å². The van der Waals surface area contributed by atoms with E-state index in [-0.39, 0.29) is 0 Å². The van der Waals surface area contributed by atoms with Crippen molar-refractivity contribution in [3.05, 3.63) is 12.2 Å². The van der Waals surface area contributed by atoms with Gasteiger partial charge in [-0.2, -0.15) is 5.10 Å². The van der Waals surface area contributed by atoms with E-state index in [1.165, 1.54) is 0 Å². The lowest BCUT2D eigenvalue weighted by molar-refractivity contribution is 0.475. The molecule has 14 heavy (non-hydrogen) atoms. The molecule has 0 spiro atoms. The Hall–Kier alpha value is -0.900. The Morgan fingerprint density at radius 3 is 2.64 bits per heavy atom. The lowest BCUT2D eigenvalue weighted by atomic mass is 10.2. The van der Waals surface area contributed by atoms with E-state index in [9.17, 15) is 0 Å². The second-order valence-corrected chi connectivity index (χ2v) is 4.31. The predicted molar refractivity (Wildman–Crippen MR) is 56.8 cm³/mol. The van der Waals surface area contributed by atoms with Crippen LogP contribution in [0.15, 0.2) is 6.33 Å². The van der Waals surface area contributed by atoms with Crippen molar-refractivity contribution in [2.45, 2.75) is 46.8 Å². The van der Waals surface area contributed by atoms with E-state index in [2.05, 4.69) is 43.1 Å². The zero-order valence-corrected chi connectivity index (χ0v) is 9.49. The first-order valence-electron chi connectivity index (χ1n) is 5.19. The Balaban J connectivity index is 2.42. The molecular weight excluding hydrogens is 176 g/mol. The van der Waals surface area contributed by atoms with Crippen molar-refractivity contribution in [2.24, 2.45) is 5.92 Å². The number of nitrogens with zero attached hydrogens (tertiary/aromatic N) is 3. The van der Waals surface area contributed by atoms with Crippen molar-refractivity contribution in [1.82, 2.24) is 20.1 Å². The number of aromatic nitrogens is 3. The molecule has 0 aromatic carbocycles. The molecule has 80 valence electrons. The lowest BCUT2D eigenvalue weighted by Crippen LogP contribution is -2.22. The third-order valence-electron chi connectivity index (χ3n) is 1.80. The van der Waals surface area contributed by atoms with Crippen LogP contribution in [0.2, 0.25) is 0 Å². The third kappa shape index (κ3) is 3.87. The highest BCUT2D eigenvalue weighted by Crippen LogP contribution is 1.97. The van der Waals surface area contributed by atoms with Crippen molar-refractivity contribution >= 4 is 0 Å². The molecule has 0 atom stereocenters. The highest BCUT2D eigenvalue weighted by atomic mass is 15.3. The summed E-state index contributed by atoms with van der Waals surface area (Å²) in [4.78, 5) is 4.23. The summed E-state index contributed by atoms with van der Waals surface area (Å²) in [6.07, 6.45) is 1.80. The van der Waals surface area contributed by atoms with Crippen LogP contribution in [0, 0.1) is 5.92 Å². The molecule has 1 aromatic heterocycles. The molecule has 1 N–H and O–H groups in total. The van der Waals surface area contributed by atoms with Gasteiger partial charge in [-0.05, 0) is 5.92 Å². The summed E-state index contributed by atoms with van der Waals surface area (Å²) >= 11 is 0. The number of hydrogen-bond acceptors (Lipinski definition) is 3. The summed E-state index contributed by atoms with van der Waals surface area (Å²) in [7, 11) is 0. The Labute approximate surface area is 85.7 Å². The summed E-state index contributed by atoms with van der Waals surface area (Å²) in [5.74, 6) is 1.49. The van der Waals surface area contributed by atoms with Crippen molar-refractivity contribution in [3.8, 4) is 0 Å². The standard InChI is InChI=1S/C10H20N4/c1-8(2)6-14-7-12-10(13-14)5-11-9(3)4/h7-9,11H,5-6H2,1-4H3. The highest BCUT2D eigenvalue weighted by molar-refractivity contribution is 4.81. The van der Waals surface area contributed by atoms with Gasteiger partial charge in [0.1, 0.15) is 6.33 Å². The van der Waals surface area contributed by atoms with Gasteiger partial charge in [-0.15, -0.1) is 0 Å². The second kappa shape index (κ2) is 5.10. The van der Waals surface area contributed by atoms with Crippen LogP contribution in [0.1, 0.15) is 33.5 Å². The van der Waals surface area contributed by atoms with Crippen LogP contribution in [-0.2, 0) is 13.1 Å². The zero-order chi connectivity index (χ0) is 10.6. The molecular formula is C10H20N4. The van der Waals surface area contributed by atoms with Gasteiger partial charge in [0.25, 0.3) is 0 Å². The lowest BCUT2D eigenvalue weighted by Gasteiger charge is -2.05. The van der Waals surface area contributed by atoms with Crippen LogP contribution < -0.4 is 5.32 Å². The van der Waals surface area contributed by atoms with E-state index in [1.807, 2.05) is 4.68 Å². The summed E-state index contributed by atoms with van der Waals surface area (Å²) in [6.45, 7) is 10.3. The van der Waals surface area contributed by atoms with Crippen molar-refractivity contribution in [1.29, 1.82) is 0 Å². The summed E-state index contributed by atoms with van der Waals surface area (Å²) in [5.41, 5.74) is 0. The van der Waals surface area contributed by atoms with Crippen LogP contribution in [0.3, 0.4) is 0 Å². The van der Waals surface area contributed by atoms with E-state index in [4.69, 9.17) is 0 Å². The Morgan fingerprint density at radius 1 is 1.36 bits per heavy atom. The van der Waals surface area contributed by atoms with Gasteiger partial charge in [-0.3, -0.25) is 4.68 Å². The van der Waals surface area contributed by atoms with Crippen LogP contribution >= 0.6 is 0 Å². The van der Waals surface area contributed by atoms with Crippen molar-refractivity contribution in [2.75, 3.05) is 0 Å². The van der Waals surface area contributed by atoms with Gasteiger partial charge in [0.05, 0.1) is 6.54 Å². The molecule has 0 aliphatic carbocycles. The second-order valence-electron chi connectivity index (χ2n) is 4.31. The van der Waals surface area contributed by atoms with E-state index < -0.39 is 0 Å². The van der Waals surface area contributed by atoms with Crippen LogP contribution in [0.25, 0.3) is 0 Å².